The highest BCUT2D eigenvalue weighted by Gasteiger charge is 2.06. The molecule has 5 heteroatoms. The van der Waals surface area contributed by atoms with E-state index >= 15 is 0 Å². The van der Waals surface area contributed by atoms with Crippen molar-refractivity contribution in [1.82, 2.24) is 0 Å². The molecule has 1 amide bonds. The Morgan fingerprint density at radius 3 is 2.63 bits per heavy atom. The summed E-state index contributed by atoms with van der Waals surface area (Å²) in [6, 6.07) is 14.3. The normalized spacial score (nSPS) is 9.95. The number of benzene rings is 2. The van der Waals surface area contributed by atoms with Crippen molar-refractivity contribution < 1.29 is 9.53 Å². The van der Waals surface area contributed by atoms with E-state index in [2.05, 4.69) is 5.32 Å². The van der Waals surface area contributed by atoms with E-state index < -0.39 is 6.09 Å². The fourth-order valence-electron chi connectivity index (χ4n) is 1.52. The summed E-state index contributed by atoms with van der Waals surface area (Å²) in [5.74, 6) is 0. The molecule has 0 aliphatic carbocycles. The van der Waals surface area contributed by atoms with Crippen LogP contribution in [-0.2, 0) is 11.3 Å². The summed E-state index contributed by atoms with van der Waals surface area (Å²) in [5, 5.41) is 3.08. The van der Waals surface area contributed by atoms with E-state index in [9.17, 15) is 4.79 Å². The first kappa shape index (κ1) is 13.2. The van der Waals surface area contributed by atoms with Gasteiger partial charge in [0, 0.05) is 5.02 Å². The molecule has 2 rings (SSSR count). The van der Waals surface area contributed by atoms with Crippen molar-refractivity contribution in [2.75, 3.05) is 11.1 Å². The first-order valence-electron chi connectivity index (χ1n) is 5.68. The number of amides is 1. The number of nitrogens with two attached hydrogens (primary N) is 1. The van der Waals surface area contributed by atoms with E-state index in [1.807, 2.05) is 30.3 Å². The zero-order chi connectivity index (χ0) is 13.7. The Morgan fingerprint density at radius 2 is 1.95 bits per heavy atom. The number of rotatable bonds is 3. The first-order chi connectivity index (χ1) is 9.15. The Bertz CT molecular complexity index is 573. The molecule has 0 fully saturated rings. The predicted octanol–water partition coefficient (Wildman–Crippen LogP) is 3.67. The second kappa shape index (κ2) is 6.11. The maximum Gasteiger partial charge on any atom is 0.412 e. The standard InChI is InChI=1S/C14H13ClN2O2/c15-11-6-7-13(12(16)8-11)17-14(18)19-9-10-4-2-1-3-5-10/h1-8H,9,16H2,(H,17,18). The topological polar surface area (TPSA) is 64.3 Å². The van der Waals surface area contributed by atoms with Crippen molar-refractivity contribution >= 4 is 29.1 Å². The maximum absolute atomic E-state index is 11.6. The maximum atomic E-state index is 11.6. The fourth-order valence-corrected chi connectivity index (χ4v) is 1.70. The zero-order valence-corrected chi connectivity index (χ0v) is 10.9. The van der Waals surface area contributed by atoms with Gasteiger partial charge >= 0.3 is 6.09 Å². The van der Waals surface area contributed by atoms with Crippen LogP contribution in [0.1, 0.15) is 5.56 Å². The molecule has 0 unspecified atom stereocenters. The van der Waals surface area contributed by atoms with E-state index in [1.165, 1.54) is 0 Å². The summed E-state index contributed by atoms with van der Waals surface area (Å²) in [4.78, 5) is 11.6. The zero-order valence-electron chi connectivity index (χ0n) is 10.1. The van der Waals surface area contributed by atoms with Crippen LogP contribution in [0, 0.1) is 0 Å². The lowest BCUT2D eigenvalue weighted by molar-refractivity contribution is 0.155. The van der Waals surface area contributed by atoms with Gasteiger partial charge in [-0.1, -0.05) is 41.9 Å². The lowest BCUT2D eigenvalue weighted by Gasteiger charge is -2.09. The Labute approximate surface area is 116 Å². The molecule has 19 heavy (non-hydrogen) atoms. The van der Waals surface area contributed by atoms with Gasteiger partial charge in [-0.15, -0.1) is 0 Å². The summed E-state index contributed by atoms with van der Waals surface area (Å²) >= 11 is 5.77. The average Bonchev–Trinajstić information content (AvgIpc) is 2.41. The van der Waals surface area contributed by atoms with Crippen LogP contribution in [0.15, 0.2) is 48.5 Å². The molecule has 0 atom stereocenters. The van der Waals surface area contributed by atoms with Gasteiger partial charge in [-0.25, -0.2) is 4.79 Å². The molecule has 2 aromatic rings. The molecule has 0 aromatic heterocycles. The molecular formula is C14H13ClN2O2. The summed E-state index contributed by atoms with van der Waals surface area (Å²) in [5.41, 5.74) is 7.51. The molecule has 0 saturated heterocycles. The van der Waals surface area contributed by atoms with Crippen LogP contribution < -0.4 is 11.1 Å². The minimum Gasteiger partial charge on any atom is -0.444 e. The number of carbonyl (C=O) groups excluding carboxylic acids is 1. The van der Waals surface area contributed by atoms with Crippen molar-refractivity contribution in [2.45, 2.75) is 6.61 Å². The highest BCUT2D eigenvalue weighted by atomic mass is 35.5. The average molecular weight is 277 g/mol. The van der Waals surface area contributed by atoms with Crippen molar-refractivity contribution in [3.8, 4) is 0 Å². The summed E-state index contributed by atoms with van der Waals surface area (Å²) in [6.45, 7) is 0.208. The number of hydrogen-bond acceptors (Lipinski definition) is 3. The molecule has 2 aromatic carbocycles. The summed E-state index contributed by atoms with van der Waals surface area (Å²) in [7, 11) is 0. The third-order valence-electron chi connectivity index (χ3n) is 2.46. The van der Waals surface area contributed by atoms with Crippen molar-refractivity contribution in [3.05, 3.63) is 59.1 Å². The van der Waals surface area contributed by atoms with Crippen LogP contribution >= 0.6 is 11.6 Å². The third-order valence-corrected chi connectivity index (χ3v) is 2.70. The van der Waals surface area contributed by atoms with Crippen LogP contribution in [0.4, 0.5) is 16.2 Å². The smallest absolute Gasteiger partial charge is 0.412 e. The quantitative estimate of drug-likeness (QED) is 0.841. The fraction of sp³-hybridized carbons (Fsp3) is 0.0714. The molecule has 0 aliphatic rings. The van der Waals surface area contributed by atoms with E-state index in [-0.39, 0.29) is 6.61 Å². The molecule has 0 radical (unpaired) electrons. The molecular weight excluding hydrogens is 264 g/mol. The van der Waals surface area contributed by atoms with Crippen LogP contribution in [0.3, 0.4) is 0 Å². The summed E-state index contributed by atoms with van der Waals surface area (Å²) < 4.78 is 5.08. The number of carbonyl (C=O) groups is 1. The van der Waals surface area contributed by atoms with E-state index in [4.69, 9.17) is 22.1 Å². The molecule has 0 aliphatic heterocycles. The lowest BCUT2D eigenvalue weighted by Crippen LogP contribution is -2.14. The molecule has 4 nitrogen and oxygen atoms in total. The number of hydrogen-bond donors (Lipinski definition) is 2. The minimum absolute atomic E-state index is 0.208. The van der Waals surface area contributed by atoms with E-state index in [0.717, 1.165) is 5.56 Å². The molecule has 0 bridgehead atoms. The highest BCUT2D eigenvalue weighted by molar-refractivity contribution is 6.31. The van der Waals surface area contributed by atoms with Gasteiger partial charge in [0.15, 0.2) is 0 Å². The van der Waals surface area contributed by atoms with Crippen molar-refractivity contribution in [2.24, 2.45) is 0 Å². The van der Waals surface area contributed by atoms with Gasteiger partial charge in [0.05, 0.1) is 11.4 Å². The number of anilines is 2. The number of ether oxygens (including phenoxy) is 1. The van der Waals surface area contributed by atoms with Crippen LogP contribution in [0.25, 0.3) is 0 Å². The van der Waals surface area contributed by atoms with Gasteiger partial charge in [0.2, 0.25) is 0 Å². The molecule has 0 spiro atoms. The third kappa shape index (κ3) is 3.89. The van der Waals surface area contributed by atoms with Crippen molar-refractivity contribution in [3.63, 3.8) is 0 Å². The monoisotopic (exact) mass is 276 g/mol. The van der Waals surface area contributed by atoms with Gasteiger partial charge in [-0.3, -0.25) is 5.32 Å². The second-order valence-corrected chi connectivity index (χ2v) is 4.35. The van der Waals surface area contributed by atoms with Gasteiger partial charge in [-0.05, 0) is 23.8 Å². The Hall–Kier alpha value is -2.20. The van der Waals surface area contributed by atoms with E-state index in [0.29, 0.717) is 16.4 Å². The molecule has 98 valence electrons. The predicted molar refractivity (Wildman–Crippen MR) is 76.1 cm³/mol. The number of nitrogen functional groups attached to an aromatic ring is 1. The van der Waals surface area contributed by atoms with Crippen molar-refractivity contribution in [1.29, 1.82) is 0 Å². The number of halogens is 1. The summed E-state index contributed by atoms with van der Waals surface area (Å²) in [6.07, 6.45) is -0.558. The van der Waals surface area contributed by atoms with Crippen LogP contribution in [0.2, 0.25) is 5.02 Å². The first-order valence-corrected chi connectivity index (χ1v) is 6.05. The van der Waals surface area contributed by atoms with Gasteiger partial charge in [-0.2, -0.15) is 0 Å². The molecule has 0 saturated carbocycles. The largest absolute Gasteiger partial charge is 0.444 e. The van der Waals surface area contributed by atoms with E-state index in [1.54, 1.807) is 18.2 Å². The Kier molecular flexibility index (Phi) is 4.26. The SMILES string of the molecule is Nc1cc(Cl)ccc1NC(=O)OCc1ccccc1. The molecule has 0 heterocycles. The Balaban J connectivity index is 1.91. The number of nitrogens with one attached hydrogen (secondary N) is 1. The van der Waals surface area contributed by atoms with Crippen LogP contribution in [0.5, 0.6) is 0 Å². The highest BCUT2D eigenvalue weighted by Crippen LogP contribution is 2.22. The van der Waals surface area contributed by atoms with Gasteiger partial charge < -0.3 is 10.5 Å². The lowest BCUT2D eigenvalue weighted by atomic mass is 10.2. The van der Waals surface area contributed by atoms with Gasteiger partial charge in [0.25, 0.3) is 0 Å². The van der Waals surface area contributed by atoms with Crippen LogP contribution in [-0.4, -0.2) is 6.09 Å². The van der Waals surface area contributed by atoms with Gasteiger partial charge in [0.1, 0.15) is 6.61 Å². The minimum atomic E-state index is -0.558. The second-order valence-electron chi connectivity index (χ2n) is 3.92. The molecule has 3 N–H and O–H groups in total. The Morgan fingerprint density at radius 1 is 1.21 bits per heavy atom.